The molecule has 92 valence electrons. The highest BCUT2D eigenvalue weighted by molar-refractivity contribution is 14.1. The zero-order chi connectivity index (χ0) is 12.7. The van der Waals surface area contributed by atoms with Gasteiger partial charge in [-0.25, -0.2) is 0 Å². The Bertz CT molecular complexity index is 420. The predicted molar refractivity (Wildman–Crippen MR) is 83.3 cm³/mol. The lowest BCUT2D eigenvalue weighted by Crippen LogP contribution is -2.21. The number of benzene rings is 1. The van der Waals surface area contributed by atoms with Crippen molar-refractivity contribution in [3.63, 3.8) is 0 Å². The zero-order valence-electron chi connectivity index (χ0n) is 10.2. The van der Waals surface area contributed by atoms with Crippen LogP contribution in [0.25, 0.3) is 0 Å². The maximum absolute atomic E-state index is 6.15. The molecule has 0 aliphatic rings. The van der Waals surface area contributed by atoms with Crippen LogP contribution < -0.4 is 5.32 Å². The SMILES string of the molecule is CC#CCC(NCCC)c1ccc(I)c(Cl)c1. The summed E-state index contributed by atoms with van der Waals surface area (Å²) in [6.07, 6.45) is 1.95. The summed E-state index contributed by atoms with van der Waals surface area (Å²) in [5.41, 5.74) is 1.21. The van der Waals surface area contributed by atoms with Gasteiger partial charge in [0.15, 0.2) is 0 Å². The zero-order valence-corrected chi connectivity index (χ0v) is 13.1. The van der Waals surface area contributed by atoms with Gasteiger partial charge in [-0.15, -0.1) is 11.8 Å². The summed E-state index contributed by atoms with van der Waals surface area (Å²) in [7, 11) is 0. The summed E-state index contributed by atoms with van der Waals surface area (Å²) in [5, 5.41) is 4.32. The molecule has 1 atom stereocenters. The first-order chi connectivity index (χ1) is 8.19. The average Bonchev–Trinajstić information content (AvgIpc) is 2.33. The van der Waals surface area contributed by atoms with E-state index in [-0.39, 0.29) is 6.04 Å². The van der Waals surface area contributed by atoms with Crippen molar-refractivity contribution < 1.29 is 0 Å². The minimum atomic E-state index is 0.275. The van der Waals surface area contributed by atoms with Crippen LogP contribution in [-0.2, 0) is 0 Å². The van der Waals surface area contributed by atoms with E-state index in [4.69, 9.17) is 11.6 Å². The third-order valence-corrected chi connectivity index (χ3v) is 4.04. The van der Waals surface area contributed by atoms with Crippen LogP contribution in [0.3, 0.4) is 0 Å². The maximum atomic E-state index is 6.15. The quantitative estimate of drug-likeness (QED) is 0.605. The molecule has 0 spiro atoms. The second-order valence-corrected chi connectivity index (χ2v) is 5.38. The highest BCUT2D eigenvalue weighted by atomic mass is 127. The fourth-order valence-corrected chi connectivity index (χ4v) is 2.08. The molecule has 0 heterocycles. The third-order valence-electron chi connectivity index (χ3n) is 2.47. The van der Waals surface area contributed by atoms with Crippen molar-refractivity contribution in [1.29, 1.82) is 0 Å². The molecule has 0 saturated carbocycles. The molecule has 1 N–H and O–H groups in total. The molecule has 0 amide bonds. The summed E-state index contributed by atoms with van der Waals surface area (Å²) in [4.78, 5) is 0. The average molecular weight is 362 g/mol. The molecule has 0 saturated heterocycles. The van der Waals surface area contributed by atoms with Gasteiger partial charge in [-0.3, -0.25) is 0 Å². The van der Waals surface area contributed by atoms with Crippen LogP contribution in [0.15, 0.2) is 18.2 Å². The van der Waals surface area contributed by atoms with Crippen molar-refractivity contribution in [2.24, 2.45) is 0 Å². The van der Waals surface area contributed by atoms with Crippen LogP contribution in [0.2, 0.25) is 5.02 Å². The van der Waals surface area contributed by atoms with Gasteiger partial charge in [0.25, 0.3) is 0 Å². The van der Waals surface area contributed by atoms with E-state index in [9.17, 15) is 0 Å². The number of nitrogens with one attached hydrogen (secondary N) is 1. The number of rotatable bonds is 5. The molecule has 0 fully saturated rings. The van der Waals surface area contributed by atoms with E-state index < -0.39 is 0 Å². The second-order valence-electron chi connectivity index (χ2n) is 3.81. The Morgan fingerprint density at radius 2 is 2.24 bits per heavy atom. The van der Waals surface area contributed by atoms with E-state index in [2.05, 4.69) is 58.8 Å². The van der Waals surface area contributed by atoms with Crippen LogP contribution in [0.4, 0.5) is 0 Å². The van der Waals surface area contributed by atoms with Crippen LogP contribution >= 0.6 is 34.2 Å². The summed E-state index contributed by atoms with van der Waals surface area (Å²) in [6, 6.07) is 6.49. The lowest BCUT2D eigenvalue weighted by atomic mass is 10.0. The highest BCUT2D eigenvalue weighted by Crippen LogP contribution is 2.24. The first-order valence-electron chi connectivity index (χ1n) is 5.77. The minimum absolute atomic E-state index is 0.275. The second kappa shape index (κ2) is 7.97. The van der Waals surface area contributed by atoms with Crippen molar-refractivity contribution in [3.8, 4) is 11.8 Å². The summed E-state index contributed by atoms with van der Waals surface area (Å²) in [5.74, 6) is 6.08. The topological polar surface area (TPSA) is 12.0 Å². The van der Waals surface area contributed by atoms with Gasteiger partial charge >= 0.3 is 0 Å². The number of hydrogen-bond acceptors (Lipinski definition) is 1. The van der Waals surface area contributed by atoms with E-state index in [0.717, 1.165) is 28.0 Å². The summed E-state index contributed by atoms with van der Waals surface area (Å²) < 4.78 is 1.09. The number of hydrogen-bond donors (Lipinski definition) is 1. The molecule has 3 heteroatoms. The molecule has 1 rings (SSSR count). The normalized spacial score (nSPS) is 11.8. The lowest BCUT2D eigenvalue weighted by molar-refractivity contribution is 0.542. The van der Waals surface area contributed by atoms with Gasteiger partial charge in [0.2, 0.25) is 0 Å². The van der Waals surface area contributed by atoms with Gasteiger partial charge in [-0.1, -0.05) is 24.6 Å². The summed E-state index contributed by atoms with van der Waals surface area (Å²) >= 11 is 8.40. The van der Waals surface area contributed by atoms with Crippen LogP contribution in [0.5, 0.6) is 0 Å². The monoisotopic (exact) mass is 361 g/mol. The fraction of sp³-hybridized carbons (Fsp3) is 0.429. The molecular formula is C14H17ClIN. The standard InChI is InChI=1S/C14H17ClIN/c1-3-5-6-14(17-9-4-2)11-7-8-13(16)12(15)10-11/h7-8,10,14,17H,4,6,9H2,1-2H3. The Labute approximate surface area is 122 Å². The van der Waals surface area contributed by atoms with E-state index in [1.807, 2.05) is 13.0 Å². The van der Waals surface area contributed by atoms with Crippen molar-refractivity contribution in [2.75, 3.05) is 6.54 Å². The van der Waals surface area contributed by atoms with Crippen molar-refractivity contribution in [1.82, 2.24) is 5.32 Å². The Morgan fingerprint density at radius 3 is 2.82 bits per heavy atom. The van der Waals surface area contributed by atoms with E-state index in [0.29, 0.717) is 0 Å². The van der Waals surface area contributed by atoms with Gasteiger partial charge in [0.05, 0.1) is 5.02 Å². The molecule has 1 aromatic carbocycles. The molecule has 1 aromatic rings. The van der Waals surface area contributed by atoms with Gasteiger partial charge in [-0.05, 0) is 60.2 Å². The van der Waals surface area contributed by atoms with E-state index in [1.54, 1.807) is 0 Å². The molecule has 1 nitrogen and oxygen atoms in total. The Hall–Kier alpha value is -0.240. The van der Waals surface area contributed by atoms with Gasteiger partial charge in [0, 0.05) is 16.0 Å². The smallest absolute Gasteiger partial charge is 0.0542 e. The minimum Gasteiger partial charge on any atom is -0.309 e. The highest BCUT2D eigenvalue weighted by Gasteiger charge is 2.10. The van der Waals surface area contributed by atoms with Crippen molar-refractivity contribution in [2.45, 2.75) is 32.7 Å². The first kappa shape index (κ1) is 14.8. The first-order valence-corrected chi connectivity index (χ1v) is 7.22. The van der Waals surface area contributed by atoms with Gasteiger partial charge < -0.3 is 5.32 Å². The summed E-state index contributed by atoms with van der Waals surface area (Å²) in [6.45, 7) is 5.04. The van der Waals surface area contributed by atoms with Gasteiger partial charge in [0.1, 0.15) is 0 Å². The predicted octanol–water partition coefficient (Wildman–Crippen LogP) is 4.40. The maximum Gasteiger partial charge on any atom is 0.0542 e. The Kier molecular flexibility index (Phi) is 6.94. The third kappa shape index (κ3) is 4.87. The fourth-order valence-electron chi connectivity index (χ4n) is 1.56. The molecule has 0 bridgehead atoms. The van der Waals surface area contributed by atoms with E-state index >= 15 is 0 Å². The molecule has 0 aliphatic carbocycles. The molecule has 0 aliphatic heterocycles. The van der Waals surface area contributed by atoms with Crippen LogP contribution in [-0.4, -0.2) is 6.54 Å². The molecule has 1 unspecified atom stereocenters. The van der Waals surface area contributed by atoms with Crippen LogP contribution in [0.1, 0.15) is 38.3 Å². The van der Waals surface area contributed by atoms with Crippen molar-refractivity contribution in [3.05, 3.63) is 32.4 Å². The number of halogens is 2. The molecular weight excluding hydrogens is 345 g/mol. The largest absolute Gasteiger partial charge is 0.309 e. The lowest BCUT2D eigenvalue weighted by Gasteiger charge is -2.17. The Morgan fingerprint density at radius 1 is 1.47 bits per heavy atom. The van der Waals surface area contributed by atoms with Gasteiger partial charge in [-0.2, -0.15) is 0 Å². The van der Waals surface area contributed by atoms with Crippen molar-refractivity contribution >= 4 is 34.2 Å². The molecule has 0 radical (unpaired) electrons. The molecule has 0 aromatic heterocycles. The Balaban J connectivity index is 2.85. The molecule has 17 heavy (non-hydrogen) atoms. The van der Waals surface area contributed by atoms with E-state index in [1.165, 1.54) is 5.56 Å². The van der Waals surface area contributed by atoms with Crippen LogP contribution in [0, 0.1) is 15.4 Å².